The fourth-order valence-corrected chi connectivity index (χ4v) is 3.42. The molecule has 2 heterocycles. The Hall–Kier alpha value is -3.29. The third-order valence-electron chi connectivity index (χ3n) is 4.21. The molecule has 0 aliphatic rings. The van der Waals surface area contributed by atoms with Gasteiger partial charge in [-0.1, -0.05) is 0 Å². The lowest BCUT2D eigenvalue weighted by atomic mass is 10.1. The van der Waals surface area contributed by atoms with Crippen molar-refractivity contribution in [1.82, 2.24) is 19.6 Å². The number of halogens is 3. The molecule has 10 nitrogen and oxygen atoms in total. The van der Waals surface area contributed by atoms with E-state index in [2.05, 4.69) is 15.1 Å². The lowest BCUT2D eigenvalue weighted by Crippen LogP contribution is -2.08. The van der Waals surface area contributed by atoms with Gasteiger partial charge in [0.25, 0.3) is 17.2 Å². The van der Waals surface area contributed by atoms with Gasteiger partial charge in [-0.2, -0.15) is 18.2 Å². The molecule has 3 aromatic rings. The summed E-state index contributed by atoms with van der Waals surface area (Å²) in [5.74, 6) is 0.158. The van der Waals surface area contributed by atoms with Crippen LogP contribution in [-0.2, 0) is 6.18 Å². The molecule has 1 aromatic carbocycles. The summed E-state index contributed by atoms with van der Waals surface area (Å²) in [6.07, 6.45) is -4.99. The van der Waals surface area contributed by atoms with Crippen molar-refractivity contribution in [2.45, 2.75) is 37.0 Å². The summed E-state index contributed by atoms with van der Waals surface area (Å²) in [4.78, 5) is 28.1. The quantitative estimate of drug-likeness (QED) is 0.450. The van der Waals surface area contributed by atoms with E-state index < -0.39 is 37.9 Å². The largest absolute Gasteiger partial charge is 0.416 e. The third-order valence-corrected chi connectivity index (χ3v) is 5.18. The number of nitro benzene ring substituents is 2. The molecule has 0 fully saturated rings. The number of aromatic nitrogens is 4. The van der Waals surface area contributed by atoms with Crippen molar-refractivity contribution in [1.29, 1.82) is 0 Å². The van der Waals surface area contributed by atoms with Gasteiger partial charge in [0.15, 0.2) is 4.90 Å². The van der Waals surface area contributed by atoms with Gasteiger partial charge >= 0.3 is 6.18 Å². The lowest BCUT2D eigenvalue weighted by molar-refractivity contribution is -0.400. The molecule has 0 aliphatic carbocycles. The Morgan fingerprint density at radius 1 is 1.03 bits per heavy atom. The van der Waals surface area contributed by atoms with Crippen molar-refractivity contribution >= 4 is 28.9 Å². The van der Waals surface area contributed by atoms with Crippen LogP contribution >= 0.6 is 11.8 Å². The first-order chi connectivity index (χ1) is 13.4. The van der Waals surface area contributed by atoms with E-state index in [0.29, 0.717) is 23.1 Å². The molecule has 0 atom stereocenters. The predicted molar refractivity (Wildman–Crippen MR) is 93.9 cm³/mol. The van der Waals surface area contributed by atoms with Crippen LogP contribution in [0.4, 0.5) is 24.5 Å². The molecule has 14 heteroatoms. The number of nitrogens with zero attached hydrogens (tertiary/aromatic N) is 6. The van der Waals surface area contributed by atoms with Gasteiger partial charge in [0.2, 0.25) is 5.16 Å². The minimum atomic E-state index is -4.99. The Balaban J connectivity index is 2.20. The summed E-state index contributed by atoms with van der Waals surface area (Å²) in [7, 11) is 0. The molecular formula is C15H11F3N6O4S. The zero-order chi connectivity index (χ0) is 21.7. The standard InChI is InChI=1S/C15H11F3N6O4S/c1-6-7(2)19-13-20-14(21-22(13)8(6)3)29-12-10(23(25)26)4-9(15(16,17)18)5-11(12)24(27)28/h4-5H,1-3H3. The van der Waals surface area contributed by atoms with Crippen LogP contribution in [0.1, 0.15) is 22.5 Å². The smallest absolute Gasteiger partial charge is 0.258 e. The molecule has 3 rings (SSSR count). The first-order valence-electron chi connectivity index (χ1n) is 7.82. The van der Waals surface area contributed by atoms with E-state index in [1.165, 1.54) is 4.52 Å². The molecular weight excluding hydrogens is 417 g/mol. The Morgan fingerprint density at radius 2 is 1.59 bits per heavy atom. The van der Waals surface area contributed by atoms with Crippen LogP contribution in [0.15, 0.2) is 22.2 Å². The number of hydrogen-bond acceptors (Lipinski definition) is 8. The van der Waals surface area contributed by atoms with Gasteiger partial charge in [-0.25, -0.2) is 9.50 Å². The number of nitro groups is 2. The zero-order valence-electron chi connectivity index (χ0n) is 15.0. The zero-order valence-corrected chi connectivity index (χ0v) is 15.8. The number of fused-ring (bicyclic) bond motifs is 1. The van der Waals surface area contributed by atoms with Crippen LogP contribution < -0.4 is 0 Å². The van der Waals surface area contributed by atoms with Gasteiger partial charge in [-0.15, -0.1) is 5.10 Å². The molecule has 0 spiro atoms. The van der Waals surface area contributed by atoms with Crippen molar-refractivity contribution in [3.8, 4) is 0 Å². The predicted octanol–water partition coefficient (Wildman–Crippen LogP) is 4.04. The molecule has 0 unspecified atom stereocenters. The van der Waals surface area contributed by atoms with E-state index in [9.17, 15) is 33.4 Å². The van der Waals surface area contributed by atoms with Crippen LogP contribution in [0.2, 0.25) is 0 Å². The normalized spacial score (nSPS) is 11.8. The van der Waals surface area contributed by atoms with Gasteiger partial charge in [0.1, 0.15) is 0 Å². The number of benzene rings is 1. The van der Waals surface area contributed by atoms with Gasteiger partial charge in [-0.05, 0) is 38.1 Å². The van der Waals surface area contributed by atoms with Crippen LogP contribution in [0.3, 0.4) is 0 Å². The maximum Gasteiger partial charge on any atom is 0.416 e. The Kier molecular flexibility index (Phi) is 4.90. The summed E-state index contributed by atoms with van der Waals surface area (Å²) in [5, 5.41) is 26.6. The molecule has 0 radical (unpaired) electrons. The van der Waals surface area contributed by atoms with Crippen LogP contribution in [0.25, 0.3) is 5.78 Å². The van der Waals surface area contributed by atoms with Crippen molar-refractivity contribution in [3.63, 3.8) is 0 Å². The van der Waals surface area contributed by atoms with Gasteiger partial charge < -0.3 is 0 Å². The Bertz CT molecular complexity index is 1140. The average molecular weight is 428 g/mol. The van der Waals surface area contributed by atoms with Crippen molar-refractivity contribution < 1.29 is 23.0 Å². The van der Waals surface area contributed by atoms with E-state index >= 15 is 0 Å². The summed E-state index contributed by atoms with van der Waals surface area (Å²) in [6, 6.07) is 0.506. The van der Waals surface area contributed by atoms with Crippen molar-refractivity contribution in [2.24, 2.45) is 0 Å². The van der Waals surface area contributed by atoms with Crippen molar-refractivity contribution in [2.75, 3.05) is 0 Å². The Morgan fingerprint density at radius 3 is 2.07 bits per heavy atom. The highest BCUT2D eigenvalue weighted by Gasteiger charge is 2.38. The first kappa shape index (κ1) is 20.4. The fourth-order valence-electron chi connectivity index (χ4n) is 2.51. The lowest BCUT2D eigenvalue weighted by Gasteiger charge is -2.08. The summed E-state index contributed by atoms with van der Waals surface area (Å²) < 4.78 is 40.4. The van der Waals surface area contributed by atoms with E-state index in [1.807, 2.05) is 0 Å². The SMILES string of the molecule is Cc1nc2nc(Sc3c([N+](=O)[O-])cc(C(F)(F)F)cc3[N+](=O)[O-])nn2c(C)c1C. The summed E-state index contributed by atoms with van der Waals surface area (Å²) in [6.45, 7) is 5.29. The van der Waals surface area contributed by atoms with Crippen LogP contribution in [0, 0.1) is 41.0 Å². The fraction of sp³-hybridized carbons (Fsp3) is 0.267. The maximum atomic E-state index is 13.0. The summed E-state index contributed by atoms with van der Waals surface area (Å²) >= 11 is 0.429. The Labute approximate surface area is 164 Å². The minimum absolute atomic E-state index is 0.128. The van der Waals surface area contributed by atoms with Crippen LogP contribution in [-0.4, -0.2) is 29.4 Å². The second-order valence-corrected chi connectivity index (χ2v) is 6.95. The molecule has 29 heavy (non-hydrogen) atoms. The molecule has 0 bridgehead atoms. The molecule has 152 valence electrons. The number of aryl methyl sites for hydroxylation is 2. The second kappa shape index (κ2) is 6.95. The molecule has 0 saturated carbocycles. The van der Waals surface area contributed by atoms with E-state index in [1.54, 1.807) is 20.8 Å². The van der Waals surface area contributed by atoms with Crippen molar-refractivity contribution in [3.05, 3.63) is 54.9 Å². The minimum Gasteiger partial charge on any atom is -0.258 e. The molecule has 0 N–H and O–H groups in total. The second-order valence-electron chi connectivity index (χ2n) is 5.97. The highest BCUT2D eigenvalue weighted by molar-refractivity contribution is 7.99. The van der Waals surface area contributed by atoms with E-state index in [4.69, 9.17) is 0 Å². The summed E-state index contributed by atoms with van der Waals surface area (Å²) in [5.41, 5.74) is -1.44. The number of hydrogen-bond donors (Lipinski definition) is 0. The molecule has 0 aliphatic heterocycles. The first-order valence-corrected chi connectivity index (χ1v) is 8.64. The monoisotopic (exact) mass is 428 g/mol. The van der Waals surface area contributed by atoms with Crippen LogP contribution in [0.5, 0.6) is 0 Å². The number of rotatable bonds is 4. The van der Waals surface area contributed by atoms with Gasteiger partial charge in [-0.3, -0.25) is 20.2 Å². The van der Waals surface area contributed by atoms with E-state index in [0.717, 1.165) is 5.56 Å². The average Bonchev–Trinajstić information content (AvgIpc) is 3.00. The highest BCUT2D eigenvalue weighted by atomic mass is 32.2. The molecule has 0 saturated heterocycles. The highest BCUT2D eigenvalue weighted by Crippen LogP contribution is 2.44. The van der Waals surface area contributed by atoms with Gasteiger partial charge in [0, 0.05) is 23.5 Å². The third kappa shape index (κ3) is 3.70. The molecule has 2 aromatic heterocycles. The molecule has 0 amide bonds. The van der Waals surface area contributed by atoms with E-state index in [-0.39, 0.29) is 23.1 Å². The van der Waals surface area contributed by atoms with Gasteiger partial charge in [0.05, 0.1) is 15.4 Å². The topological polar surface area (TPSA) is 129 Å². The maximum absolute atomic E-state index is 13.0. The number of alkyl halides is 3.